The van der Waals surface area contributed by atoms with Gasteiger partial charge in [0.1, 0.15) is 12.1 Å². The van der Waals surface area contributed by atoms with E-state index in [2.05, 4.69) is 20.8 Å². The number of hydrogen-bond donors (Lipinski definition) is 3. The quantitative estimate of drug-likeness (QED) is 0.343. The molecule has 2 aromatic carbocycles. The van der Waals surface area contributed by atoms with Crippen LogP contribution in [-0.4, -0.2) is 56.0 Å². The first kappa shape index (κ1) is 25.1. The molecule has 0 spiro atoms. The van der Waals surface area contributed by atoms with Crippen LogP contribution < -0.4 is 16.0 Å². The fourth-order valence-electron chi connectivity index (χ4n) is 3.09. The molecule has 33 heavy (non-hydrogen) atoms. The summed E-state index contributed by atoms with van der Waals surface area (Å²) in [5, 5.41) is 7.57. The molecule has 0 aliphatic carbocycles. The van der Waals surface area contributed by atoms with Gasteiger partial charge in [0, 0.05) is 12.8 Å². The van der Waals surface area contributed by atoms with Crippen molar-refractivity contribution in [2.45, 2.75) is 24.9 Å². The van der Waals surface area contributed by atoms with E-state index in [9.17, 15) is 19.2 Å². The van der Waals surface area contributed by atoms with E-state index in [0.717, 1.165) is 11.1 Å². The molecule has 0 aliphatic heterocycles. The van der Waals surface area contributed by atoms with Crippen LogP contribution in [0.15, 0.2) is 60.7 Å². The molecule has 0 aromatic heterocycles. The Morgan fingerprint density at radius 3 is 1.88 bits per heavy atom. The molecule has 0 aliphatic rings. The molecule has 0 unspecified atom stereocenters. The summed E-state index contributed by atoms with van der Waals surface area (Å²) in [6, 6.07) is 16.3. The maximum atomic E-state index is 12.7. The zero-order chi connectivity index (χ0) is 24.1. The highest BCUT2D eigenvalue weighted by molar-refractivity contribution is 5.92. The van der Waals surface area contributed by atoms with Gasteiger partial charge in [0.05, 0.1) is 13.7 Å². The standard InChI is InChI=1S/C24H26N4O5/c1-25-15-21(29)27-19(13-17-9-5-3-6-10-17)23(31)26-16-22(30)28-20(24(32)33-2)14-18-11-7-4-8-12-18/h3-12,19-20H,13-16H2,2H3,(H,26,31)(H,27,29)(H,28,30)/t19-,20-/m0/s1. The highest BCUT2D eigenvalue weighted by Crippen LogP contribution is 2.05. The van der Waals surface area contributed by atoms with E-state index in [1.807, 2.05) is 36.4 Å². The lowest BCUT2D eigenvalue weighted by molar-refractivity contribution is -0.145. The largest absolute Gasteiger partial charge is 0.467 e. The van der Waals surface area contributed by atoms with Gasteiger partial charge in [-0.05, 0) is 11.1 Å². The van der Waals surface area contributed by atoms with Crippen LogP contribution in [0, 0.1) is 6.57 Å². The van der Waals surface area contributed by atoms with Gasteiger partial charge in [0.2, 0.25) is 11.8 Å². The van der Waals surface area contributed by atoms with Crippen LogP contribution in [0.25, 0.3) is 4.85 Å². The van der Waals surface area contributed by atoms with Crippen LogP contribution in [0.1, 0.15) is 11.1 Å². The van der Waals surface area contributed by atoms with Crippen molar-refractivity contribution in [3.05, 3.63) is 83.2 Å². The molecule has 9 heteroatoms. The normalized spacial score (nSPS) is 11.9. The van der Waals surface area contributed by atoms with Gasteiger partial charge in [-0.3, -0.25) is 14.4 Å². The van der Waals surface area contributed by atoms with Crippen molar-refractivity contribution in [2.24, 2.45) is 0 Å². The molecule has 9 nitrogen and oxygen atoms in total. The summed E-state index contributed by atoms with van der Waals surface area (Å²) in [6.45, 7) is 6.01. The summed E-state index contributed by atoms with van der Waals surface area (Å²) in [7, 11) is 1.23. The number of nitrogens with one attached hydrogen (secondary N) is 3. The number of carbonyl (C=O) groups excluding carboxylic acids is 4. The Labute approximate surface area is 192 Å². The molecule has 0 radical (unpaired) electrons. The molecule has 0 bridgehead atoms. The lowest BCUT2D eigenvalue weighted by Crippen LogP contribution is -2.52. The zero-order valence-corrected chi connectivity index (χ0v) is 18.2. The number of carbonyl (C=O) groups is 4. The lowest BCUT2D eigenvalue weighted by atomic mass is 10.0. The van der Waals surface area contributed by atoms with E-state index >= 15 is 0 Å². The minimum absolute atomic E-state index is 0.191. The molecule has 3 amide bonds. The van der Waals surface area contributed by atoms with Gasteiger partial charge in [-0.25, -0.2) is 11.4 Å². The van der Waals surface area contributed by atoms with Gasteiger partial charge in [0.25, 0.3) is 6.54 Å². The van der Waals surface area contributed by atoms with Crippen LogP contribution in [0.2, 0.25) is 0 Å². The molecule has 3 N–H and O–H groups in total. The van der Waals surface area contributed by atoms with Crippen LogP contribution in [0.4, 0.5) is 0 Å². The maximum absolute atomic E-state index is 12.7. The first-order chi connectivity index (χ1) is 15.9. The summed E-state index contributed by atoms with van der Waals surface area (Å²) >= 11 is 0. The Morgan fingerprint density at radius 1 is 0.848 bits per heavy atom. The minimum Gasteiger partial charge on any atom is -0.467 e. The van der Waals surface area contributed by atoms with E-state index in [-0.39, 0.29) is 12.8 Å². The predicted molar refractivity (Wildman–Crippen MR) is 121 cm³/mol. The van der Waals surface area contributed by atoms with Crippen molar-refractivity contribution in [2.75, 3.05) is 20.2 Å². The third-order valence-corrected chi connectivity index (χ3v) is 4.68. The van der Waals surface area contributed by atoms with Gasteiger partial charge in [-0.1, -0.05) is 60.7 Å². The van der Waals surface area contributed by atoms with Gasteiger partial charge in [-0.15, -0.1) is 0 Å². The molecule has 0 saturated carbocycles. The van der Waals surface area contributed by atoms with Crippen molar-refractivity contribution >= 4 is 23.7 Å². The SMILES string of the molecule is [C-]#[N+]CC(=O)N[C@@H](Cc1ccccc1)C(=O)NCC(=O)N[C@@H](Cc1ccccc1)C(=O)OC. The van der Waals surface area contributed by atoms with Crippen LogP contribution in [0.3, 0.4) is 0 Å². The predicted octanol–water partition coefficient (Wildman–Crippen LogP) is 0.650. The molecule has 2 aromatic rings. The second kappa shape index (κ2) is 13.3. The van der Waals surface area contributed by atoms with Crippen LogP contribution in [-0.2, 0) is 36.8 Å². The minimum atomic E-state index is -0.963. The third-order valence-electron chi connectivity index (χ3n) is 4.68. The van der Waals surface area contributed by atoms with E-state index in [4.69, 9.17) is 11.3 Å². The third kappa shape index (κ3) is 8.83. The number of amides is 3. The fraction of sp³-hybridized carbons (Fsp3) is 0.292. The number of nitrogens with zero attached hydrogens (tertiary/aromatic N) is 1. The van der Waals surface area contributed by atoms with Crippen molar-refractivity contribution in [1.82, 2.24) is 16.0 Å². The lowest BCUT2D eigenvalue weighted by Gasteiger charge is -2.19. The second-order valence-electron chi connectivity index (χ2n) is 7.18. The van der Waals surface area contributed by atoms with E-state index in [0.29, 0.717) is 0 Å². The molecular formula is C24H26N4O5. The molecular weight excluding hydrogens is 424 g/mol. The highest BCUT2D eigenvalue weighted by atomic mass is 16.5. The van der Waals surface area contributed by atoms with Gasteiger partial charge in [0.15, 0.2) is 0 Å². The van der Waals surface area contributed by atoms with E-state index in [1.54, 1.807) is 24.3 Å². The summed E-state index contributed by atoms with van der Waals surface area (Å²) < 4.78 is 4.77. The summed E-state index contributed by atoms with van der Waals surface area (Å²) in [5.74, 6) is -2.35. The van der Waals surface area contributed by atoms with Gasteiger partial charge in [-0.2, -0.15) is 0 Å². The zero-order valence-electron chi connectivity index (χ0n) is 18.2. The number of methoxy groups -OCH3 is 1. The highest BCUT2D eigenvalue weighted by Gasteiger charge is 2.25. The van der Waals surface area contributed by atoms with Gasteiger partial charge >= 0.3 is 11.9 Å². The molecule has 0 heterocycles. The number of esters is 1. The Balaban J connectivity index is 1.98. The first-order valence-electron chi connectivity index (χ1n) is 10.3. The van der Waals surface area contributed by atoms with Crippen molar-refractivity contribution in [1.29, 1.82) is 0 Å². The number of hydrogen-bond acceptors (Lipinski definition) is 5. The molecule has 0 saturated heterocycles. The summed E-state index contributed by atoms with van der Waals surface area (Å²) in [5.41, 5.74) is 1.64. The molecule has 2 atom stereocenters. The number of benzene rings is 2. The average Bonchev–Trinajstić information content (AvgIpc) is 2.82. The Bertz CT molecular complexity index is 989. The topological polar surface area (TPSA) is 118 Å². The van der Waals surface area contributed by atoms with Crippen LogP contribution >= 0.6 is 0 Å². The van der Waals surface area contributed by atoms with Crippen molar-refractivity contribution in [3.63, 3.8) is 0 Å². The summed E-state index contributed by atoms with van der Waals surface area (Å²) in [6.07, 6.45) is 0.424. The molecule has 0 fully saturated rings. The summed E-state index contributed by atoms with van der Waals surface area (Å²) in [4.78, 5) is 52.1. The van der Waals surface area contributed by atoms with Gasteiger partial charge < -0.3 is 25.5 Å². The molecule has 2 rings (SSSR count). The first-order valence-corrected chi connectivity index (χ1v) is 10.3. The van der Waals surface area contributed by atoms with Crippen LogP contribution in [0.5, 0.6) is 0 Å². The number of ether oxygens (including phenoxy) is 1. The Kier molecular flexibility index (Phi) is 10.1. The van der Waals surface area contributed by atoms with Crippen molar-refractivity contribution < 1.29 is 23.9 Å². The molecule has 172 valence electrons. The fourth-order valence-corrected chi connectivity index (χ4v) is 3.09. The Hall–Kier alpha value is -4.19. The van der Waals surface area contributed by atoms with E-state index in [1.165, 1.54) is 7.11 Å². The maximum Gasteiger partial charge on any atom is 0.328 e. The monoisotopic (exact) mass is 450 g/mol. The number of rotatable bonds is 11. The van der Waals surface area contributed by atoms with Crippen molar-refractivity contribution in [3.8, 4) is 0 Å². The Morgan fingerprint density at radius 2 is 1.36 bits per heavy atom. The average molecular weight is 450 g/mol. The smallest absolute Gasteiger partial charge is 0.328 e. The second-order valence-corrected chi connectivity index (χ2v) is 7.18. The van der Waals surface area contributed by atoms with E-state index < -0.39 is 48.9 Å².